The van der Waals surface area contributed by atoms with Crippen LogP contribution in [0.2, 0.25) is 0 Å². The summed E-state index contributed by atoms with van der Waals surface area (Å²) in [5, 5.41) is 0. The van der Waals surface area contributed by atoms with E-state index in [2.05, 4.69) is 13.8 Å². The summed E-state index contributed by atoms with van der Waals surface area (Å²) in [6, 6.07) is 13.2. The van der Waals surface area contributed by atoms with Crippen molar-refractivity contribution in [3.05, 3.63) is 59.2 Å². The largest absolute Gasteiger partial charge is 0.496 e. The number of hydrogen-bond acceptors (Lipinski definition) is 5. The molecule has 29 heavy (non-hydrogen) atoms. The van der Waals surface area contributed by atoms with Gasteiger partial charge in [-0.05, 0) is 42.2 Å². The number of rotatable bonds is 9. The van der Waals surface area contributed by atoms with Crippen LogP contribution in [0.4, 0.5) is 0 Å². The van der Waals surface area contributed by atoms with E-state index in [4.69, 9.17) is 14.2 Å². The average Bonchev–Trinajstić information content (AvgIpc) is 2.70. The van der Waals surface area contributed by atoms with Gasteiger partial charge in [-0.3, -0.25) is 4.79 Å². The number of hydrogen-bond donors (Lipinski definition) is 0. The fourth-order valence-electron chi connectivity index (χ4n) is 3.00. The quantitative estimate of drug-likeness (QED) is 0.602. The molecule has 2 aromatic carbocycles. The van der Waals surface area contributed by atoms with Crippen molar-refractivity contribution in [3.63, 3.8) is 0 Å². The summed E-state index contributed by atoms with van der Waals surface area (Å²) in [6.45, 7) is 6.04. The Morgan fingerprint density at radius 1 is 1.07 bits per heavy atom. The van der Waals surface area contributed by atoms with Gasteiger partial charge in [0.05, 0.1) is 7.11 Å². The fraction of sp³-hybridized carbons (Fsp3) is 0.391. The van der Waals surface area contributed by atoms with E-state index in [0.717, 1.165) is 11.1 Å². The maximum atomic E-state index is 12.2. The number of nitrogens with zero attached hydrogens (tertiary/aromatic N) is 1. The molecule has 0 heterocycles. The monoisotopic (exact) mass is 399 g/mol. The topological polar surface area (TPSA) is 65.1 Å². The standard InChI is InChI=1S/C23H29NO5/c1-16(2)20-11-10-19(12-17(20)3)28-15-23(26)29-14-22(25)24(4)13-18-8-6-7-9-21(18)27-5/h6-12,16H,13-15H2,1-5H3. The highest BCUT2D eigenvalue weighted by Gasteiger charge is 2.15. The second kappa shape index (κ2) is 10.5. The zero-order chi connectivity index (χ0) is 21.4. The van der Waals surface area contributed by atoms with Gasteiger partial charge in [0.2, 0.25) is 0 Å². The molecule has 0 saturated carbocycles. The first-order chi connectivity index (χ1) is 13.8. The number of aryl methyl sites for hydroxylation is 1. The zero-order valence-electron chi connectivity index (χ0n) is 17.7. The van der Waals surface area contributed by atoms with Gasteiger partial charge in [-0.1, -0.05) is 38.1 Å². The Kier molecular flexibility index (Phi) is 8.07. The Morgan fingerprint density at radius 3 is 2.45 bits per heavy atom. The summed E-state index contributed by atoms with van der Waals surface area (Å²) in [6.07, 6.45) is 0. The normalized spacial score (nSPS) is 10.6. The third-order valence-electron chi connectivity index (χ3n) is 4.60. The van der Waals surface area contributed by atoms with Gasteiger partial charge in [0.1, 0.15) is 11.5 Å². The van der Waals surface area contributed by atoms with Crippen molar-refractivity contribution >= 4 is 11.9 Å². The molecule has 0 aliphatic carbocycles. The molecule has 156 valence electrons. The summed E-state index contributed by atoms with van der Waals surface area (Å²) >= 11 is 0. The van der Waals surface area contributed by atoms with Gasteiger partial charge in [-0.25, -0.2) is 4.79 Å². The number of likely N-dealkylation sites (N-methyl/N-ethyl adjacent to an activating group) is 1. The average molecular weight is 399 g/mol. The second-order valence-corrected chi connectivity index (χ2v) is 7.18. The van der Waals surface area contributed by atoms with E-state index in [1.807, 2.05) is 49.4 Å². The van der Waals surface area contributed by atoms with E-state index in [0.29, 0.717) is 24.0 Å². The van der Waals surface area contributed by atoms with E-state index < -0.39 is 5.97 Å². The third kappa shape index (κ3) is 6.52. The number of amides is 1. The van der Waals surface area contributed by atoms with Crippen molar-refractivity contribution in [1.82, 2.24) is 4.90 Å². The molecule has 2 aromatic rings. The van der Waals surface area contributed by atoms with Crippen LogP contribution in [0.1, 0.15) is 36.5 Å². The number of carbonyl (C=O) groups is 2. The molecule has 0 aliphatic heterocycles. The molecule has 0 unspecified atom stereocenters. The molecule has 2 rings (SSSR count). The maximum absolute atomic E-state index is 12.2. The van der Waals surface area contributed by atoms with Crippen molar-refractivity contribution in [2.24, 2.45) is 0 Å². The highest BCUT2D eigenvalue weighted by atomic mass is 16.6. The Labute approximate surface area is 172 Å². The van der Waals surface area contributed by atoms with Gasteiger partial charge in [-0.15, -0.1) is 0 Å². The van der Waals surface area contributed by atoms with Gasteiger partial charge in [0.15, 0.2) is 13.2 Å². The molecule has 6 nitrogen and oxygen atoms in total. The van der Waals surface area contributed by atoms with Crippen LogP contribution >= 0.6 is 0 Å². The van der Waals surface area contributed by atoms with Crippen molar-refractivity contribution in [2.75, 3.05) is 27.4 Å². The number of ether oxygens (including phenoxy) is 3. The number of para-hydroxylation sites is 1. The van der Waals surface area contributed by atoms with E-state index in [9.17, 15) is 9.59 Å². The van der Waals surface area contributed by atoms with Gasteiger partial charge < -0.3 is 19.1 Å². The van der Waals surface area contributed by atoms with Crippen LogP contribution in [0.3, 0.4) is 0 Å². The molecule has 0 atom stereocenters. The summed E-state index contributed by atoms with van der Waals surface area (Å²) < 4.78 is 15.8. The van der Waals surface area contributed by atoms with E-state index >= 15 is 0 Å². The predicted octanol–water partition coefficient (Wildman–Crippen LogP) is 3.71. The molecule has 1 amide bonds. The summed E-state index contributed by atoms with van der Waals surface area (Å²) in [4.78, 5) is 25.6. The van der Waals surface area contributed by atoms with Gasteiger partial charge >= 0.3 is 5.97 Å². The van der Waals surface area contributed by atoms with Crippen molar-refractivity contribution in [1.29, 1.82) is 0 Å². The highest BCUT2D eigenvalue weighted by molar-refractivity contribution is 5.80. The van der Waals surface area contributed by atoms with Gasteiger partial charge in [0.25, 0.3) is 5.91 Å². The second-order valence-electron chi connectivity index (χ2n) is 7.18. The SMILES string of the molecule is COc1ccccc1CN(C)C(=O)COC(=O)COc1ccc(C(C)C)c(C)c1. The Balaban J connectivity index is 1.79. The first-order valence-electron chi connectivity index (χ1n) is 9.56. The lowest BCUT2D eigenvalue weighted by atomic mass is 9.98. The molecule has 0 radical (unpaired) electrons. The predicted molar refractivity (Wildman–Crippen MR) is 111 cm³/mol. The van der Waals surface area contributed by atoms with Crippen molar-refractivity contribution in [2.45, 2.75) is 33.2 Å². The number of methoxy groups -OCH3 is 1. The summed E-state index contributed by atoms with van der Waals surface area (Å²) in [5.74, 6) is 0.837. The highest BCUT2D eigenvalue weighted by Crippen LogP contribution is 2.23. The fourth-order valence-corrected chi connectivity index (χ4v) is 3.00. The minimum absolute atomic E-state index is 0.246. The van der Waals surface area contributed by atoms with E-state index in [1.165, 1.54) is 10.5 Å². The summed E-state index contributed by atoms with van der Waals surface area (Å²) in [7, 11) is 3.23. The van der Waals surface area contributed by atoms with Crippen LogP contribution in [-0.2, 0) is 20.9 Å². The first kappa shape index (κ1) is 22.3. The number of benzene rings is 2. The molecule has 0 saturated heterocycles. The smallest absolute Gasteiger partial charge is 0.344 e. The first-order valence-corrected chi connectivity index (χ1v) is 9.56. The van der Waals surface area contributed by atoms with Crippen molar-refractivity contribution < 1.29 is 23.8 Å². The molecule has 6 heteroatoms. The Hall–Kier alpha value is -3.02. The Morgan fingerprint density at radius 2 is 1.79 bits per heavy atom. The molecule has 0 aromatic heterocycles. The molecule has 0 aliphatic rings. The molecule has 0 fully saturated rings. The van der Waals surface area contributed by atoms with Crippen molar-refractivity contribution in [3.8, 4) is 11.5 Å². The van der Waals surface area contributed by atoms with Gasteiger partial charge in [-0.2, -0.15) is 0 Å². The minimum atomic E-state index is -0.588. The van der Waals surface area contributed by atoms with Crippen LogP contribution in [0.5, 0.6) is 11.5 Å². The lowest BCUT2D eigenvalue weighted by molar-refractivity contribution is -0.153. The lowest BCUT2D eigenvalue weighted by Gasteiger charge is -2.18. The van der Waals surface area contributed by atoms with E-state index in [-0.39, 0.29) is 19.1 Å². The number of esters is 1. The lowest BCUT2D eigenvalue weighted by Crippen LogP contribution is -2.31. The van der Waals surface area contributed by atoms with Crippen LogP contribution in [-0.4, -0.2) is 44.1 Å². The molecule has 0 spiro atoms. The van der Waals surface area contributed by atoms with Crippen LogP contribution in [0, 0.1) is 6.92 Å². The number of carbonyl (C=O) groups excluding carboxylic acids is 2. The summed E-state index contributed by atoms with van der Waals surface area (Å²) in [5.41, 5.74) is 3.23. The van der Waals surface area contributed by atoms with Crippen LogP contribution in [0.25, 0.3) is 0 Å². The minimum Gasteiger partial charge on any atom is -0.496 e. The molecular weight excluding hydrogens is 370 g/mol. The Bertz CT molecular complexity index is 847. The molecular formula is C23H29NO5. The molecule has 0 N–H and O–H groups in total. The van der Waals surface area contributed by atoms with Gasteiger partial charge in [0, 0.05) is 19.2 Å². The van der Waals surface area contributed by atoms with E-state index in [1.54, 1.807) is 14.2 Å². The zero-order valence-corrected chi connectivity index (χ0v) is 17.7. The molecule has 0 bridgehead atoms. The van der Waals surface area contributed by atoms with Crippen LogP contribution < -0.4 is 9.47 Å². The van der Waals surface area contributed by atoms with Crippen LogP contribution in [0.15, 0.2) is 42.5 Å². The third-order valence-corrected chi connectivity index (χ3v) is 4.60. The maximum Gasteiger partial charge on any atom is 0.344 e.